The maximum Gasteiger partial charge on any atom is 0.354 e. The molecule has 0 spiro atoms. The predicted molar refractivity (Wildman–Crippen MR) is 63.9 cm³/mol. The molecule has 1 fully saturated rings. The molecule has 0 atom stereocenters. The van der Waals surface area contributed by atoms with Crippen molar-refractivity contribution in [3.63, 3.8) is 0 Å². The van der Waals surface area contributed by atoms with Gasteiger partial charge in [0.25, 0.3) is 0 Å². The minimum absolute atomic E-state index is 0.0469. The van der Waals surface area contributed by atoms with Crippen molar-refractivity contribution in [3.8, 4) is 0 Å². The number of nitrogens with zero attached hydrogens (tertiary/aromatic N) is 1. The summed E-state index contributed by atoms with van der Waals surface area (Å²) in [7, 11) is -9.87. The highest BCUT2D eigenvalue weighted by atomic mass is 31.2. The van der Waals surface area contributed by atoms with Gasteiger partial charge in [0.2, 0.25) is 5.52 Å². The molecule has 8 nitrogen and oxygen atoms in total. The van der Waals surface area contributed by atoms with E-state index >= 15 is 0 Å². The fraction of sp³-hybridized carbons (Fsp3) is 1.00. The van der Waals surface area contributed by atoms with E-state index < -0.39 is 26.3 Å². The quantitative estimate of drug-likeness (QED) is 0.452. The van der Waals surface area contributed by atoms with Gasteiger partial charge in [-0.15, -0.1) is 0 Å². The van der Waals surface area contributed by atoms with Crippen molar-refractivity contribution in [2.24, 2.45) is 0 Å². The zero-order valence-corrected chi connectivity index (χ0v) is 11.8. The number of aliphatic hydroxyl groups is 1. The lowest BCUT2D eigenvalue weighted by atomic mass is 9.89. The zero-order chi connectivity index (χ0) is 14.2. The van der Waals surface area contributed by atoms with Crippen molar-refractivity contribution in [2.75, 3.05) is 13.1 Å². The van der Waals surface area contributed by atoms with Crippen molar-refractivity contribution in [1.29, 1.82) is 0 Å². The van der Waals surface area contributed by atoms with E-state index in [4.69, 9.17) is 19.6 Å². The van der Waals surface area contributed by atoms with Crippen LogP contribution in [0.25, 0.3) is 0 Å². The minimum Gasteiger partial charge on any atom is -0.390 e. The van der Waals surface area contributed by atoms with Crippen LogP contribution in [0.2, 0.25) is 0 Å². The zero-order valence-electron chi connectivity index (χ0n) is 10.0. The third-order valence-corrected chi connectivity index (χ3v) is 6.98. The molecular weight excluding hydrogens is 284 g/mol. The van der Waals surface area contributed by atoms with Crippen LogP contribution in [-0.2, 0) is 9.13 Å². The molecule has 10 heteroatoms. The first kappa shape index (κ1) is 16.3. The van der Waals surface area contributed by atoms with Crippen LogP contribution in [0.15, 0.2) is 0 Å². The standard InChI is InChI=1S/C8H19NO7P2/c1-2-8(10)3-5-9(6-4-8)7(17(11,12)13)18(14,15)16/h7,10H,2-6H2,1H3,(H2,11,12,13)(H2,14,15,16). The second-order valence-corrected chi connectivity index (χ2v) is 8.38. The summed E-state index contributed by atoms with van der Waals surface area (Å²) in [6, 6.07) is 0. The van der Waals surface area contributed by atoms with Gasteiger partial charge >= 0.3 is 15.2 Å². The van der Waals surface area contributed by atoms with Crippen molar-refractivity contribution >= 4 is 15.2 Å². The van der Waals surface area contributed by atoms with Gasteiger partial charge in [0.15, 0.2) is 0 Å². The van der Waals surface area contributed by atoms with Gasteiger partial charge in [0.1, 0.15) is 0 Å². The molecule has 5 N–H and O–H groups in total. The van der Waals surface area contributed by atoms with Gasteiger partial charge in [-0.3, -0.25) is 14.0 Å². The Morgan fingerprint density at radius 2 is 1.50 bits per heavy atom. The highest BCUT2D eigenvalue weighted by Gasteiger charge is 2.49. The molecule has 0 unspecified atom stereocenters. The van der Waals surface area contributed by atoms with Crippen molar-refractivity contribution in [1.82, 2.24) is 4.90 Å². The Balaban J connectivity index is 2.87. The first-order valence-corrected chi connectivity index (χ1v) is 8.93. The van der Waals surface area contributed by atoms with Crippen molar-refractivity contribution < 1.29 is 33.8 Å². The maximum absolute atomic E-state index is 11.2. The summed E-state index contributed by atoms with van der Waals surface area (Å²) in [5.41, 5.74) is -3.02. The van der Waals surface area contributed by atoms with E-state index in [1.165, 1.54) is 0 Å². The Hall–Kier alpha value is 0.220. The highest BCUT2D eigenvalue weighted by Crippen LogP contribution is 2.61. The molecule has 108 valence electrons. The highest BCUT2D eigenvalue weighted by molar-refractivity contribution is 7.70. The monoisotopic (exact) mass is 303 g/mol. The number of rotatable bonds is 4. The lowest BCUT2D eigenvalue weighted by Crippen LogP contribution is -2.47. The van der Waals surface area contributed by atoms with Crippen LogP contribution >= 0.6 is 15.2 Å². The number of hydrogen-bond acceptors (Lipinski definition) is 4. The van der Waals surface area contributed by atoms with Crippen LogP contribution < -0.4 is 0 Å². The molecule has 0 aromatic rings. The number of likely N-dealkylation sites (tertiary alicyclic amines) is 1. The summed E-state index contributed by atoms with van der Waals surface area (Å²) in [4.78, 5) is 37.3. The van der Waals surface area contributed by atoms with Gasteiger partial charge in [-0.1, -0.05) is 6.92 Å². The van der Waals surface area contributed by atoms with Crippen molar-refractivity contribution in [3.05, 3.63) is 0 Å². The van der Waals surface area contributed by atoms with Crippen LogP contribution in [-0.4, -0.2) is 53.8 Å². The summed E-state index contributed by atoms with van der Waals surface area (Å²) < 4.78 is 22.4. The van der Waals surface area contributed by atoms with Gasteiger partial charge in [0, 0.05) is 13.1 Å². The van der Waals surface area contributed by atoms with Gasteiger partial charge in [-0.2, -0.15) is 0 Å². The third-order valence-electron chi connectivity index (χ3n) is 3.32. The van der Waals surface area contributed by atoms with E-state index in [1.54, 1.807) is 6.92 Å². The van der Waals surface area contributed by atoms with Crippen molar-refractivity contribution in [2.45, 2.75) is 37.3 Å². The van der Waals surface area contributed by atoms with Crippen LogP contribution in [0.1, 0.15) is 26.2 Å². The van der Waals surface area contributed by atoms with Crippen LogP contribution in [0.3, 0.4) is 0 Å². The predicted octanol–water partition coefficient (Wildman–Crippen LogP) is -0.138. The Morgan fingerprint density at radius 3 is 1.78 bits per heavy atom. The molecule has 1 heterocycles. The van der Waals surface area contributed by atoms with E-state index in [0.29, 0.717) is 6.42 Å². The molecule has 1 aliphatic rings. The Kier molecular flexibility index (Phi) is 4.80. The average Bonchev–Trinajstić information content (AvgIpc) is 2.18. The lowest BCUT2D eigenvalue weighted by Gasteiger charge is -2.41. The first-order valence-electron chi connectivity index (χ1n) is 5.56. The average molecular weight is 303 g/mol. The molecule has 0 radical (unpaired) electrons. The molecule has 0 aromatic heterocycles. The number of hydrogen-bond donors (Lipinski definition) is 5. The van der Waals surface area contributed by atoms with Crippen LogP contribution in [0, 0.1) is 0 Å². The van der Waals surface area contributed by atoms with E-state index in [-0.39, 0.29) is 25.9 Å². The van der Waals surface area contributed by atoms with E-state index in [0.717, 1.165) is 4.90 Å². The smallest absolute Gasteiger partial charge is 0.354 e. The molecule has 18 heavy (non-hydrogen) atoms. The number of piperidine rings is 1. The summed E-state index contributed by atoms with van der Waals surface area (Å²) in [6.45, 7) is 1.88. The molecule has 1 saturated heterocycles. The minimum atomic E-state index is -4.93. The van der Waals surface area contributed by atoms with Crippen LogP contribution in [0.4, 0.5) is 0 Å². The summed E-state index contributed by atoms with van der Waals surface area (Å²) in [5.74, 6) is 0. The Labute approximate surface area is 105 Å². The molecule has 0 amide bonds. The second-order valence-electron chi connectivity index (χ2n) is 4.64. The third kappa shape index (κ3) is 3.85. The maximum atomic E-state index is 11.2. The summed E-state index contributed by atoms with van der Waals surface area (Å²) in [6.07, 6.45) is 0.970. The second kappa shape index (κ2) is 5.31. The largest absolute Gasteiger partial charge is 0.390 e. The van der Waals surface area contributed by atoms with Gasteiger partial charge < -0.3 is 24.7 Å². The summed E-state index contributed by atoms with van der Waals surface area (Å²) >= 11 is 0. The summed E-state index contributed by atoms with van der Waals surface area (Å²) in [5, 5.41) is 9.97. The Bertz CT molecular complexity index is 359. The van der Waals surface area contributed by atoms with Gasteiger partial charge in [-0.05, 0) is 19.3 Å². The molecule has 0 aliphatic carbocycles. The normalized spacial score (nSPS) is 22.4. The van der Waals surface area contributed by atoms with Gasteiger partial charge in [-0.25, -0.2) is 0 Å². The Morgan fingerprint density at radius 1 is 1.11 bits per heavy atom. The van der Waals surface area contributed by atoms with E-state index in [1.807, 2.05) is 0 Å². The van der Waals surface area contributed by atoms with E-state index in [2.05, 4.69) is 0 Å². The molecule has 1 rings (SSSR count). The first-order chi connectivity index (χ1) is 7.99. The molecule has 1 aliphatic heterocycles. The fourth-order valence-electron chi connectivity index (χ4n) is 2.15. The fourth-order valence-corrected chi connectivity index (χ4v) is 5.03. The lowest BCUT2D eigenvalue weighted by molar-refractivity contribution is -0.0249. The molecule has 0 bridgehead atoms. The van der Waals surface area contributed by atoms with E-state index in [9.17, 15) is 14.2 Å². The van der Waals surface area contributed by atoms with Gasteiger partial charge in [0.05, 0.1) is 5.60 Å². The topological polar surface area (TPSA) is 139 Å². The van der Waals surface area contributed by atoms with Crippen LogP contribution in [0.5, 0.6) is 0 Å². The molecule has 0 saturated carbocycles. The molecular formula is C8H19NO7P2. The molecule has 0 aromatic carbocycles. The SMILES string of the molecule is CCC1(O)CCN(C(P(=O)(O)O)P(=O)(O)O)CC1.